The van der Waals surface area contributed by atoms with Gasteiger partial charge in [-0.25, -0.2) is 9.07 Å². The fraction of sp³-hybridized carbons (Fsp3) is 0.440. The molecule has 1 saturated carbocycles. The zero-order chi connectivity index (χ0) is 24.7. The molecule has 1 atom stereocenters. The molecule has 0 spiro atoms. The molecule has 2 heterocycles. The van der Waals surface area contributed by atoms with Gasteiger partial charge < -0.3 is 19.9 Å². The third kappa shape index (κ3) is 4.28. The lowest BCUT2D eigenvalue weighted by Gasteiger charge is -2.21. The Labute approximate surface area is 202 Å². The van der Waals surface area contributed by atoms with Gasteiger partial charge in [-0.05, 0) is 75.2 Å². The van der Waals surface area contributed by atoms with Crippen LogP contribution < -0.4 is 15.4 Å². The second kappa shape index (κ2) is 8.83. The van der Waals surface area contributed by atoms with Gasteiger partial charge >= 0.3 is 0 Å². The highest BCUT2D eigenvalue weighted by molar-refractivity contribution is 5.99. The topological polar surface area (TPSA) is 111 Å². The average molecular weight is 482 g/mol. The maximum atomic E-state index is 15.2. The molecule has 5 rings (SSSR count). The molecule has 2 aromatic heterocycles. The van der Waals surface area contributed by atoms with Gasteiger partial charge in [0.25, 0.3) is 11.8 Å². The number of nitrogens with zero attached hydrogens (tertiary/aromatic N) is 3. The molecule has 0 bridgehead atoms. The van der Waals surface area contributed by atoms with Crippen molar-refractivity contribution in [3.05, 3.63) is 58.4 Å². The standard InChI is InChI=1S/C25H28FN5O4/c1-14(27-24(33)25(10-11-25)28-23(32)21-13-22(34-3)30-35-21)17-9-8-16(12-19(17)26)31-20-7-5-4-6-18(20)15(2)29-31/h8-9,12-14H,4-7,10-11H2,1-3H3,(H,27,33)(H,28,32)/t14-/m1/s1. The van der Waals surface area contributed by atoms with Crippen LogP contribution in [0, 0.1) is 12.7 Å². The van der Waals surface area contributed by atoms with E-state index in [1.165, 1.54) is 24.8 Å². The molecule has 184 valence electrons. The Balaban J connectivity index is 1.28. The first kappa shape index (κ1) is 23.1. The number of halogens is 1. The third-order valence-electron chi connectivity index (χ3n) is 6.88. The molecule has 0 saturated heterocycles. The summed E-state index contributed by atoms with van der Waals surface area (Å²) >= 11 is 0. The summed E-state index contributed by atoms with van der Waals surface area (Å²) < 4.78 is 26.9. The van der Waals surface area contributed by atoms with Crippen LogP contribution >= 0.6 is 0 Å². The summed E-state index contributed by atoms with van der Waals surface area (Å²) in [6, 6.07) is 5.73. The molecule has 0 radical (unpaired) electrons. The molecule has 35 heavy (non-hydrogen) atoms. The van der Waals surface area contributed by atoms with E-state index in [9.17, 15) is 9.59 Å². The number of aryl methyl sites for hydroxylation is 1. The summed E-state index contributed by atoms with van der Waals surface area (Å²) in [6.07, 6.45) is 5.15. The van der Waals surface area contributed by atoms with E-state index in [0.29, 0.717) is 24.1 Å². The predicted octanol–water partition coefficient (Wildman–Crippen LogP) is 3.34. The Bertz CT molecular complexity index is 1290. The van der Waals surface area contributed by atoms with Crippen molar-refractivity contribution in [1.82, 2.24) is 25.6 Å². The highest BCUT2D eigenvalue weighted by Gasteiger charge is 2.52. The summed E-state index contributed by atoms with van der Waals surface area (Å²) in [6.45, 7) is 3.71. The van der Waals surface area contributed by atoms with E-state index in [1.54, 1.807) is 13.0 Å². The second-order valence-corrected chi connectivity index (χ2v) is 9.30. The van der Waals surface area contributed by atoms with Gasteiger partial charge in [-0.1, -0.05) is 6.07 Å². The molecule has 2 aliphatic carbocycles. The molecule has 2 aliphatic rings. The quantitative estimate of drug-likeness (QED) is 0.536. The zero-order valence-corrected chi connectivity index (χ0v) is 20.0. The summed E-state index contributed by atoms with van der Waals surface area (Å²) in [5.41, 5.74) is 3.39. The minimum atomic E-state index is -1.05. The number of amides is 2. The minimum absolute atomic E-state index is 0.0494. The molecular formula is C25H28FN5O4. The van der Waals surface area contributed by atoms with E-state index < -0.39 is 23.3 Å². The van der Waals surface area contributed by atoms with Crippen LogP contribution in [0.15, 0.2) is 28.8 Å². The first-order chi connectivity index (χ1) is 16.8. The van der Waals surface area contributed by atoms with Crippen LogP contribution in [0.3, 0.4) is 0 Å². The van der Waals surface area contributed by atoms with Crippen molar-refractivity contribution >= 4 is 11.8 Å². The SMILES string of the molecule is COc1cc(C(=O)NC2(C(=O)N[C@H](C)c3ccc(-n4nc(C)c5c4CCCC5)cc3F)CC2)on1. The van der Waals surface area contributed by atoms with Gasteiger partial charge in [0.2, 0.25) is 11.7 Å². The van der Waals surface area contributed by atoms with E-state index in [0.717, 1.165) is 37.1 Å². The van der Waals surface area contributed by atoms with Crippen LogP contribution in [0.4, 0.5) is 4.39 Å². The predicted molar refractivity (Wildman–Crippen MR) is 124 cm³/mol. The Morgan fingerprint density at radius 1 is 1.23 bits per heavy atom. The van der Waals surface area contributed by atoms with E-state index in [2.05, 4.69) is 20.9 Å². The Hall–Kier alpha value is -3.69. The molecule has 1 aromatic carbocycles. The number of hydrogen-bond acceptors (Lipinski definition) is 6. The van der Waals surface area contributed by atoms with Gasteiger partial charge in [0, 0.05) is 11.3 Å². The Kier molecular flexibility index (Phi) is 5.82. The largest absolute Gasteiger partial charge is 0.479 e. The molecule has 0 aliphatic heterocycles. The smallest absolute Gasteiger partial charge is 0.290 e. The average Bonchev–Trinajstić information content (AvgIpc) is 3.33. The van der Waals surface area contributed by atoms with E-state index in [4.69, 9.17) is 9.26 Å². The van der Waals surface area contributed by atoms with Crippen molar-refractivity contribution in [2.45, 2.75) is 64.0 Å². The molecular weight excluding hydrogens is 453 g/mol. The summed E-state index contributed by atoms with van der Waals surface area (Å²) in [5, 5.41) is 13.8. The number of benzene rings is 1. The minimum Gasteiger partial charge on any atom is -0.479 e. The highest BCUT2D eigenvalue weighted by atomic mass is 19.1. The lowest BCUT2D eigenvalue weighted by Crippen LogP contribution is -2.49. The van der Waals surface area contributed by atoms with E-state index >= 15 is 4.39 Å². The Morgan fingerprint density at radius 2 is 2.00 bits per heavy atom. The van der Waals surface area contributed by atoms with Crippen molar-refractivity contribution in [3.8, 4) is 11.6 Å². The number of ether oxygens (including phenoxy) is 1. The molecule has 9 nitrogen and oxygen atoms in total. The van der Waals surface area contributed by atoms with Crippen molar-refractivity contribution in [2.75, 3.05) is 7.11 Å². The summed E-state index contributed by atoms with van der Waals surface area (Å²) in [7, 11) is 1.41. The monoisotopic (exact) mass is 481 g/mol. The van der Waals surface area contributed by atoms with Crippen LogP contribution in [0.2, 0.25) is 0 Å². The number of rotatable bonds is 7. The van der Waals surface area contributed by atoms with Crippen LogP contribution in [-0.2, 0) is 17.6 Å². The fourth-order valence-electron chi connectivity index (χ4n) is 4.68. The van der Waals surface area contributed by atoms with Gasteiger partial charge in [-0.3, -0.25) is 9.59 Å². The molecule has 0 unspecified atom stereocenters. The zero-order valence-electron chi connectivity index (χ0n) is 20.0. The van der Waals surface area contributed by atoms with Crippen LogP contribution in [-0.4, -0.2) is 39.4 Å². The molecule has 1 fully saturated rings. The molecule has 3 aromatic rings. The first-order valence-corrected chi connectivity index (χ1v) is 11.8. The number of carbonyl (C=O) groups is 2. The van der Waals surface area contributed by atoms with Crippen molar-refractivity contribution in [3.63, 3.8) is 0 Å². The van der Waals surface area contributed by atoms with Crippen LogP contribution in [0.25, 0.3) is 5.69 Å². The number of hydrogen-bond donors (Lipinski definition) is 2. The van der Waals surface area contributed by atoms with Crippen LogP contribution in [0.5, 0.6) is 5.88 Å². The van der Waals surface area contributed by atoms with Crippen LogP contribution in [0.1, 0.15) is 71.7 Å². The molecule has 2 amide bonds. The maximum absolute atomic E-state index is 15.2. The van der Waals surface area contributed by atoms with Gasteiger partial charge in [0.05, 0.1) is 30.6 Å². The van der Waals surface area contributed by atoms with Crippen molar-refractivity contribution < 1.29 is 23.2 Å². The molecule has 10 heteroatoms. The van der Waals surface area contributed by atoms with Crippen molar-refractivity contribution in [2.24, 2.45) is 0 Å². The van der Waals surface area contributed by atoms with Gasteiger partial charge in [0.1, 0.15) is 11.4 Å². The van der Waals surface area contributed by atoms with Gasteiger partial charge in [0.15, 0.2) is 0 Å². The lowest BCUT2D eigenvalue weighted by molar-refractivity contribution is -0.124. The number of nitrogens with one attached hydrogen (secondary N) is 2. The first-order valence-electron chi connectivity index (χ1n) is 11.8. The van der Waals surface area contributed by atoms with Gasteiger partial charge in [-0.15, -0.1) is 0 Å². The van der Waals surface area contributed by atoms with Crippen molar-refractivity contribution in [1.29, 1.82) is 0 Å². The van der Waals surface area contributed by atoms with E-state index in [-0.39, 0.29) is 17.5 Å². The number of aromatic nitrogens is 3. The second-order valence-electron chi connectivity index (χ2n) is 9.30. The van der Waals surface area contributed by atoms with Gasteiger partial charge in [-0.2, -0.15) is 5.10 Å². The third-order valence-corrected chi connectivity index (χ3v) is 6.88. The highest BCUT2D eigenvalue weighted by Crippen LogP contribution is 2.37. The summed E-state index contributed by atoms with van der Waals surface area (Å²) in [4.78, 5) is 25.4. The number of methoxy groups -OCH3 is 1. The lowest BCUT2D eigenvalue weighted by atomic mass is 9.96. The normalized spacial score (nSPS) is 16.8. The fourth-order valence-corrected chi connectivity index (χ4v) is 4.68. The number of carbonyl (C=O) groups excluding carboxylic acids is 2. The van der Waals surface area contributed by atoms with E-state index in [1.807, 2.05) is 17.7 Å². The maximum Gasteiger partial charge on any atom is 0.290 e. The number of fused-ring (bicyclic) bond motifs is 1. The summed E-state index contributed by atoms with van der Waals surface area (Å²) in [5.74, 6) is -1.23. The Morgan fingerprint density at radius 3 is 2.69 bits per heavy atom. The molecule has 2 N–H and O–H groups in total.